The van der Waals surface area contributed by atoms with Crippen molar-refractivity contribution in [2.24, 2.45) is 12.8 Å². The largest absolute Gasteiger partial charge is 0.323 e. The molecule has 1 heterocycles. The summed E-state index contributed by atoms with van der Waals surface area (Å²) in [6, 6.07) is -1.15. The molecule has 68 valence electrons. The molecule has 0 fully saturated rings. The number of aryl methyl sites for hydroxylation is 1. The van der Waals surface area contributed by atoms with Gasteiger partial charge in [-0.2, -0.15) is 15.0 Å². The SMILES string of the molecule is Cn1ncc(CC(N)C(F)F)n1. The molecule has 6 heteroatoms. The number of rotatable bonds is 3. The van der Waals surface area contributed by atoms with Gasteiger partial charge >= 0.3 is 0 Å². The fourth-order valence-electron chi connectivity index (χ4n) is 0.812. The summed E-state index contributed by atoms with van der Waals surface area (Å²) in [7, 11) is 1.62. The van der Waals surface area contributed by atoms with Crippen LogP contribution in [0.1, 0.15) is 5.69 Å². The van der Waals surface area contributed by atoms with E-state index in [1.165, 1.54) is 11.0 Å². The molecule has 0 radical (unpaired) electrons. The van der Waals surface area contributed by atoms with Gasteiger partial charge in [0.1, 0.15) is 0 Å². The van der Waals surface area contributed by atoms with Gasteiger partial charge in [-0.15, -0.1) is 0 Å². The summed E-state index contributed by atoms with van der Waals surface area (Å²) < 4.78 is 23.9. The Hall–Kier alpha value is -1.04. The summed E-state index contributed by atoms with van der Waals surface area (Å²) in [6.07, 6.45) is -1.01. The van der Waals surface area contributed by atoms with E-state index in [1.807, 2.05) is 0 Å². The smallest absolute Gasteiger partial charge is 0.253 e. The van der Waals surface area contributed by atoms with Crippen LogP contribution in [0.5, 0.6) is 0 Å². The summed E-state index contributed by atoms with van der Waals surface area (Å²) >= 11 is 0. The highest BCUT2D eigenvalue weighted by atomic mass is 19.3. The third-order valence-corrected chi connectivity index (χ3v) is 1.42. The van der Waals surface area contributed by atoms with Gasteiger partial charge in [-0.25, -0.2) is 8.78 Å². The van der Waals surface area contributed by atoms with Gasteiger partial charge in [0.05, 0.1) is 17.9 Å². The molecule has 0 amide bonds. The Labute approximate surface area is 68.4 Å². The minimum absolute atomic E-state index is 0.0610. The van der Waals surface area contributed by atoms with Crippen molar-refractivity contribution < 1.29 is 8.78 Å². The highest BCUT2D eigenvalue weighted by molar-refractivity contribution is 4.94. The summed E-state index contributed by atoms with van der Waals surface area (Å²) in [6.45, 7) is 0. The van der Waals surface area contributed by atoms with Gasteiger partial charge in [-0.1, -0.05) is 0 Å². The second-order valence-electron chi connectivity index (χ2n) is 2.53. The average molecular weight is 176 g/mol. The van der Waals surface area contributed by atoms with Gasteiger partial charge < -0.3 is 5.73 Å². The van der Waals surface area contributed by atoms with Crippen LogP contribution in [0.3, 0.4) is 0 Å². The van der Waals surface area contributed by atoms with Gasteiger partial charge in [-0.3, -0.25) is 0 Å². The van der Waals surface area contributed by atoms with Crippen molar-refractivity contribution in [1.29, 1.82) is 0 Å². The Bertz CT molecular complexity index is 247. The zero-order valence-electron chi connectivity index (χ0n) is 6.61. The maximum absolute atomic E-state index is 11.9. The van der Waals surface area contributed by atoms with Gasteiger partial charge in [0.25, 0.3) is 6.43 Å². The van der Waals surface area contributed by atoms with Crippen molar-refractivity contribution in [2.75, 3.05) is 0 Å². The first-order valence-electron chi connectivity index (χ1n) is 3.48. The maximum Gasteiger partial charge on any atom is 0.253 e. The molecule has 2 N–H and O–H groups in total. The van der Waals surface area contributed by atoms with Crippen molar-refractivity contribution in [3.05, 3.63) is 11.9 Å². The zero-order valence-corrected chi connectivity index (χ0v) is 6.61. The number of hydrogen-bond acceptors (Lipinski definition) is 3. The Balaban J connectivity index is 2.52. The van der Waals surface area contributed by atoms with Gasteiger partial charge in [0.15, 0.2) is 0 Å². The van der Waals surface area contributed by atoms with Crippen LogP contribution in [0.15, 0.2) is 6.20 Å². The van der Waals surface area contributed by atoms with E-state index in [0.717, 1.165) is 0 Å². The monoisotopic (exact) mass is 176 g/mol. The molecule has 0 spiro atoms. The Morgan fingerprint density at radius 1 is 1.67 bits per heavy atom. The number of nitrogens with two attached hydrogens (primary N) is 1. The summed E-state index contributed by atoms with van der Waals surface area (Å²) in [5.74, 6) is 0. The lowest BCUT2D eigenvalue weighted by Crippen LogP contribution is -2.31. The van der Waals surface area contributed by atoms with E-state index in [-0.39, 0.29) is 6.42 Å². The lowest BCUT2D eigenvalue weighted by molar-refractivity contribution is 0.115. The fourth-order valence-corrected chi connectivity index (χ4v) is 0.812. The molecule has 4 nitrogen and oxygen atoms in total. The van der Waals surface area contributed by atoms with Crippen molar-refractivity contribution in [2.45, 2.75) is 18.9 Å². The first-order chi connectivity index (χ1) is 5.59. The second kappa shape index (κ2) is 3.57. The molecule has 1 unspecified atom stereocenters. The van der Waals surface area contributed by atoms with Gasteiger partial charge in [0, 0.05) is 13.5 Å². The van der Waals surface area contributed by atoms with E-state index in [0.29, 0.717) is 5.69 Å². The van der Waals surface area contributed by atoms with Crippen LogP contribution < -0.4 is 5.73 Å². The molecule has 0 aliphatic rings. The van der Waals surface area contributed by atoms with Gasteiger partial charge in [0.2, 0.25) is 0 Å². The van der Waals surface area contributed by atoms with Crippen LogP contribution in [-0.2, 0) is 13.5 Å². The van der Waals surface area contributed by atoms with E-state index in [9.17, 15) is 8.78 Å². The van der Waals surface area contributed by atoms with Crippen molar-refractivity contribution in [1.82, 2.24) is 15.0 Å². The maximum atomic E-state index is 11.9. The Morgan fingerprint density at radius 2 is 2.33 bits per heavy atom. The third-order valence-electron chi connectivity index (χ3n) is 1.42. The van der Waals surface area contributed by atoms with E-state index in [1.54, 1.807) is 7.05 Å². The van der Waals surface area contributed by atoms with E-state index >= 15 is 0 Å². The van der Waals surface area contributed by atoms with Crippen molar-refractivity contribution in [3.8, 4) is 0 Å². The predicted molar refractivity (Wildman–Crippen MR) is 38.7 cm³/mol. The molecule has 0 saturated carbocycles. The molecule has 1 aromatic rings. The van der Waals surface area contributed by atoms with E-state index < -0.39 is 12.5 Å². The van der Waals surface area contributed by atoms with Crippen molar-refractivity contribution in [3.63, 3.8) is 0 Å². The van der Waals surface area contributed by atoms with Crippen LogP contribution in [-0.4, -0.2) is 27.5 Å². The average Bonchev–Trinajstić information content (AvgIpc) is 2.35. The highest BCUT2D eigenvalue weighted by Gasteiger charge is 2.16. The van der Waals surface area contributed by atoms with Crippen LogP contribution >= 0.6 is 0 Å². The summed E-state index contributed by atoms with van der Waals surface area (Å²) in [5.41, 5.74) is 5.62. The third kappa shape index (κ3) is 2.23. The van der Waals surface area contributed by atoms with Gasteiger partial charge in [-0.05, 0) is 0 Å². The lowest BCUT2D eigenvalue weighted by atomic mass is 10.2. The number of aromatic nitrogens is 3. The number of nitrogens with zero attached hydrogens (tertiary/aromatic N) is 3. The Kier molecular flexibility index (Phi) is 2.69. The van der Waals surface area contributed by atoms with Crippen LogP contribution in [0, 0.1) is 0 Å². The summed E-state index contributed by atoms with van der Waals surface area (Å²) in [5, 5.41) is 7.56. The molecule has 0 aromatic carbocycles. The predicted octanol–water partition coefficient (Wildman–Crippen LogP) is -0.0500. The molecule has 1 atom stereocenters. The van der Waals surface area contributed by atoms with E-state index in [4.69, 9.17) is 5.73 Å². The zero-order chi connectivity index (χ0) is 9.14. The van der Waals surface area contributed by atoms with Crippen LogP contribution in [0.2, 0.25) is 0 Å². The molecule has 0 saturated heterocycles. The molecule has 1 aromatic heterocycles. The quantitative estimate of drug-likeness (QED) is 0.702. The highest BCUT2D eigenvalue weighted by Crippen LogP contribution is 2.03. The molecular weight excluding hydrogens is 166 g/mol. The normalized spacial score (nSPS) is 13.8. The minimum atomic E-state index is -2.51. The van der Waals surface area contributed by atoms with E-state index in [2.05, 4.69) is 10.2 Å². The number of hydrogen-bond donors (Lipinski definition) is 1. The molecular formula is C6H10F2N4. The van der Waals surface area contributed by atoms with Crippen molar-refractivity contribution >= 4 is 0 Å². The van der Waals surface area contributed by atoms with Crippen LogP contribution in [0.4, 0.5) is 8.78 Å². The number of halogens is 2. The minimum Gasteiger partial charge on any atom is -0.323 e. The standard InChI is InChI=1S/C6H10F2N4/c1-12-10-3-4(11-12)2-5(9)6(7)8/h3,5-6H,2,9H2,1H3. The topological polar surface area (TPSA) is 56.7 Å². The molecule has 0 aliphatic heterocycles. The van der Waals surface area contributed by atoms with Crippen LogP contribution in [0.25, 0.3) is 0 Å². The molecule has 12 heavy (non-hydrogen) atoms. The fraction of sp³-hybridized carbons (Fsp3) is 0.667. The lowest BCUT2D eigenvalue weighted by Gasteiger charge is -2.06. The second-order valence-corrected chi connectivity index (χ2v) is 2.53. The first-order valence-corrected chi connectivity index (χ1v) is 3.48. The number of alkyl halides is 2. The Morgan fingerprint density at radius 3 is 2.75 bits per heavy atom. The molecule has 0 aliphatic carbocycles. The first kappa shape index (κ1) is 9.05. The molecule has 1 rings (SSSR count). The molecule has 0 bridgehead atoms. The summed E-state index contributed by atoms with van der Waals surface area (Å²) in [4.78, 5) is 1.31.